The largest absolute Gasteiger partial charge is 0.497 e. The van der Waals surface area contributed by atoms with Gasteiger partial charge in [0.25, 0.3) is 0 Å². The molecule has 0 bridgehead atoms. The fourth-order valence-electron chi connectivity index (χ4n) is 2.21. The molecule has 0 saturated carbocycles. The molecule has 0 spiro atoms. The average Bonchev–Trinajstić information content (AvgIpc) is 2.51. The third-order valence-corrected chi connectivity index (χ3v) is 3.89. The van der Waals surface area contributed by atoms with Crippen LogP contribution in [0.4, 0.5) is 0 Å². The van der Waals surface area contributed by atoms with Crippen molar-refractivity contribution in [3.63, 3.8) is 0 Å². The number of aliphatic carboxylic acids is 1. The molecule has 0 fully saturated rings. The van der Waals surface area contributed by atoms with Crippen LogP contribution in [0.15, 0.2) is 36.4 Å². The Bertz CT molecular complexity index is 690. The molecule has 2 unspecified atom stereocenters. The van der Waals surface area contributed by atoms with Crippen molar-refractivity contribution in [3.8, 4) is 5.75 Å². The van der Waals surface area contributed by atoms with E-state index in [-0.39, 0.29) is 5.78 Å². The van der Waals surface area contributed by atoms with E-state index in [2.05, 4.69) is 0 Å². The predicted molar refractivity (Wildman–Crippen MR) is 80.8 cm³/mol. The van der Waals surface area contributed by atoms with Crippen LogP contribution >= 0.6 is 0 Å². The standard InChI is InChI=1S/C17H18O4/c1-10(11(2)17(19)20)16(18)14-5-4-13-9-15(21-3)7-6-12(13)8-14/h4-11H,1-3H3,(H,19,20). The Morgan fingerprint density at radius 2 is 1.62 bits per heavy atom. The molecule has 0 heterocycles. The fourth-order valence-corrected chi connectivity index (χ4v) is 2.21. The number of carbonyl (C=O) groups is 2. The van der Waals surface area contributed by atoms with Crippen LogP contribution in [-0.2, 0) is 4.79 Å². The van der Waals surface area contributed by atoms with Gasteiger partial charge in [0.05, 0.1) is 13.0 Å². The Balaban J connectivity index is 2.34. The Morgan fingerprint density at radius 3 is 2.24 bits per heavy atom. The smallest absolute Gasteiger partial charge is 0.306 e. The fraction of sp³-hybridized carbons (Fsp3) is 0.294. The molecule has 0 saturated heterocycles. The van der Waals surface area contributed by atoms with Crippen LogP contribution in [0.5, 0.6) is 5.75 Å². The van der Waals surface area contributed by atoms with Crippen molar-refractivity contribution in [3.05, 3.63) is 42.0 Å². The molecule has 2 atom stereocenters. The molecule has 1 N–H and O–H groups in total. The lowest BCUT2D eigenvalue weighted by molar-refractivity contribution is -0.142. The number of ketones is 1. The van der Waals surface area contributed by atoms with E-state index in [4.69, 9.17) is 9.84 Å². The molecular formula is C17H18O4. The second kappa shape index (κ2) is 5.95. The summed E-state index contributed by atoms with van der Waals surface area (Å²) in [5.74, 6) is -1.61. The van der Waals surface area contributed by atoms with Gasteiger partial charge in [-0.2, -0.15) is 0 Å². The first-order valence-electron chi connectivity index (χ1n) is 6.79. The molecule has 2 aromatic rings. The Morgan fingerprint density at radius 1 is 1.00 bits per heavy atom. The van der Waals surface area contributed by atoms with E-state index in [1.54, 1.807) is 33.1 Å². The maximum absolute atomic E-state index is 12.4. The number of methoxy groups -OCH3 is 1. The van der Waals surface area contributed by atoms with E-state index >= 15 is 0 Å². The number of carbonyl (C=O) groups excluding carboxylic acids is 1. The van der Waals surface area contributed by atoms with Gasteiger partial charge in [-0.05, 0) is 29.0 Å². The Kier molecular flexibility index (Phi) is 4.26. The SMILES string of the molecule is COc1ccc2cc(C(=O)C(C)C(C)C(=O)O)ccc2c1. The molecular weight excluding hydrogens is 268 g/mol. The van der Waals surface area contributed by atoms with Crippen LogP contribution in [0.3, 0.4) is 0 Å². The third-order valence-electron chi connectivity index (χ3n) is 3.89. The summed E-state index contributed by atoms with van der Waals surface area (Å²) in [6, 6.07) is 11.0. The van der Waals surface area contributed by atoms with Gasteiger partial charge in [0, 0.05) is 11.5 Å². The van der Waals surface area contributed by atoms with Gasteiger partial charge in [-0.1, -0.05) is 32.0 Å². The first-order chi connectivity index (χ1) is 9.93. The van der Waals surface area contributed by atoms with Crippen molar-refractivity contribution in [1.82, 2.24) is 0 Å². The molecule has 0 aliphatic rings. The van der Waals surface area contributed by atoms with E-state index in [1.807, 2.05) is 24.3 Å². The zero-order valence-electron chi connectivity index (χ0n) is 12.3. The first kappa shape index (κ1) is 15.0. The summed E-state index contributed by atoms with van der Waals surface area (Å²) in [6.07, 6.45) is 0. The zero-order chi connectivity index (χ0) is 15.6. The number of carboxylic acids is 1. The Labute approximate surface area is 123 Å². The number of hydrogen-bond acceptors (Lipinski definition) is 3. The quantitative estimate of drug-likeness (QED) is 0.856. The second-order valence-corrected chi connectivity index (χ2v) is 5.21. The van der Waals surface area contributed by atoms with Crippen molar-refractivity contribution in [2.45, 2.75) is 13.8 Å². The number of benzene rings is 2. The second-order valence-electron chi connectivity index (χ2n) is 5.21. The van der Waals surface area contributed by atoms with Gasteiger partial charge in [0.1, 0.15) is 5.75 Å². The summed E-state index contributed by atoms with van der Waals surface area (Å²) in [6.45, 7) is 3.20. The number of Topliss-reactive ketones (excluding diaryl/α,β-unsaturated/α-hetero) is 1. The highest BCUT2D eigenvalue weighted by Crippen LogP contribution is 2.24. The summed E-state index contributed by atoms with van der Waals surface area (Å²) in [5, 5.41) is 10.9. The van der Waals surface area contributed by atoms with Gasteiger partial charge in [0.2, 0.25) is 0 Å². The molecule has 0 amide bonds. The number of ether oxygens (including phenoxy) is 1. The maximum Gasteiger partial charge on any atom is 0.306 e. The van der Waals surface area contributed by atoms with Crippen molar-refractivity contribution in [2.75, 3.05) is 7.11 Å². The average molecular weight is 286 g/mol. The van der Waals surface area contributed by atoms with Gasteiger partial charge in [-0.3, -0.25) is 9.59 Å². The van der Waals surface area contributed by atoms with Gasteiger partial charge in [0.15, 0.2) is 5.78 Å². The van der Waals surface area contributed by atoms with Crippen molar-refractivity contribution in [2.24, 2.45) is 11.8 Å². The van der Waals surface area contributed by atoms with Crippen LogP contribution in [0, 0.1) is 11.8 Å². The molecule has 4 heteroatoms. The van der Waals surface area contributed by atoms with E-state index in [0.29, 0.717) is 5.56 Å². The molecule has 4 nitrogen and oxygen atoms in total. The van der Waals surface area contributed by atoms with Crippen LogP contribution < -0.4 is 4.74 Å². The molecule has 2 aromatic carbocycles. The van der Waals surface area contributed by atoms with Crippen LogP contribution in [0.25, 0.3) is 10.8 Å². The zero-order valence-corrected chi connectivity index (χ0v) is 12.3. The van der Waals surface area contributed by atoms with Crippen LogP contribution in [0.2, 0.25) is 0 Å². The normalized spacial score (nSPS) is 13.7. The van der Waals surface area contributed by atoms with Crippen LogP contribution in [0.1, 0.15) is 24.2 Å². The van der Waals surface area contributed by atoms with Gasteiger partial charge < -0.3 is 9.84 Å². The highest BCUT2D eigenvalue weighted by atomic mass is 16.5. The Hall–Kier alpha value is -2.36. The highest BCUT2D eigenvalue weighted by Gasteiger charge is 2.26. The summed E-state index contributed by atoms with van der Waals surface area (Å²) < 4.78 is 5.16. The minimum Gasteiger partial charge on any atom is -0.497 e. The van der Waals surface area contributed by atoms with E-state index < -0.39 is 17.8 Å². The number of rotatable bonds is 5. The lowest BCUT2D eigenvalue weighted by Crippen LogP contribution is -2.25. The van der Waals surface area contributed by atoms with Gasteiger partial charge in [-0.25, -0.2) is 0 Å². The number of carboxylic acid groups (broad SMARTS) is 1. The van der Waals surface area contributed by atoms with E-state index in [1.165, 1.54) is 0 Å². The summed E-state index contributed by atoms with van der Waals surface area (Å²) in [5.41, 5.74) is 0.535. The highest BCUT2D eigenvalue weighted by molar-refractivity contribution is 6.02. The maximum atomic E-state index is 12.4. The van der Waals surface area contributed by atoms with E-state index in [0.717, 1.165) is 16.5 Å². The third kappa shape index (κ3) is 3.05. The lowest BCUT2D eigenvalue weighted by atomic mass is 9.88. The molecule has 21 heavy (non-hydrogen) atoms. The minimum atomic E-state index is -0.957. The first-order valence-corrected chi connectivity index (χ1v) is 6.79. The molecule has 0 aromatic heterocycles. The number of fused-ring (bicyclic) bond motifs is 1. The van der Waals surface area contributed by atoms with Crippen molar-refractivity contribution < 1.29 is 19.4 Å². The summed E-state index contributed by atoms with van der Waals surface area (Å²) >= 11 is 0. The van der Waals surface area contributed by atoms with Gasteiger partial charge >= 0.3 is 5.97 Å². The molecule has 0 radical (unpaired) electrons. The molecule has 110 valence electrons. The topological polar surface area (TPSA) is 63.6 Å². The summed E-state index contributed by atoms with van der Waals surface area (Å²) in [4.78, 5) is 23.4. The predicted octanol–water partition coefficient (Wildman–Crippen LogP) is 3.39. The van der Waals surface area contributed by atoms with Crippen molar-refractivity contribution in [1.29, 1.82) is 0 Å². The molecule has 0 aliphatic carbocycles. The monoisotopic (exact) mass is 286 g/mol. The van der Waals surface area contributed by atoms with E-state index in [9.17, 15) is 9.59 Å². The molecule has 0 aliphatic heterocycles. The minimum absolute atomic E-state index is 0.150. The molecule has 2 rings (SSSR count). The lowest BCUT2D eigenvalue weighted by Gasteiger charge is -2.15. The number of hydrogen-bond donors (Lipinski definition) is 1. The van der Waals surface area contributed by atoms with Gasteiger partial charge in [-0.15, -0.1) is 0 Å². The van der Waals surface area contributed by atoms with Crippen LogP contribution in [-0.4, -0.2) is 24.0 Å². The summed E-state index contributed by atoms with van der Waals surface area (Å²) in [7, 11) is 1.61. The van der Waals surface area contributed by atoms with Crippen molar-refractivity contribution >= 4 is 22.5 Å².